The van der Waals surface area contributed by atoms with E-state index in [4.69, 9.17) is 4.74 Å². The molecule has 0 aliphatic carbocycles. The van der Waals surface area contributed by atoms with Crippen molar-refractivity contribution in [3.63, 3.8) is 0 Å². The van der Waals surface area contributed by atoms with E-state index in [1.165, 1.54) is 6.92 Å². The number of benzene rings is 2. The summed E-state index contributed by atoms with van der Waals surface area (Å²) in [7, 11) is 0. The van der Waals surface area contributed by atoms with Gasteiger partial charge in [-0.3, -0.25) is 0 Å². The van der Waals surface area contributed by atoms with Crippen LogP contribution in [0.5, 0.6) is 0 Å². The lowest BCUT2D eigenvalue weighted by Crippen LogP contribution is -2.54. The molecule has 2 aromatic carbocycles. The van der Waals surface area contributed by atoms with E-state index in [1.54, 1.807) is 0 Å². The molecule has 4 atom stereocenters. The molecule has 168 valence electrons. The minimum absolute atomic E-state index is 0.134. The second-order valence-electron chi connectivity index (χ2n) is 8.40. The zero-order valence-electron chi connectivity index (χ0n) is 16.9. The zero-order chi connectivity index (χ0) is 22.4. The Labute approximate surface area is 176 Å². The number of alkyl halides is 6. The SMILES string of the molecule is C[C@H](O[C@@H]1CC[C@H]2CC[C@]1(c1ccccc1)N2)c1cc(C(F)(F)F)cc(C(F)(F)F)c1. The molecule has 0 amide bonds. The molecule has 0 unspecified atom stereocenters. The summed E-state index contributed by atoms with van der Waals surface area (Å²) in [6.07, 6.45) is -7.79. The van der Waals surface area contributed by atoms with E-state index >= 15 is 0 Å². The lowest BCUT2D eigenvalue weighted by molar-refractivity contribution is -0.143. The van der Waals surface area contributed by atoms with Crippen LogP contribution in [0.1, 0.15) is 61.0 Å². The van der Waals surface area contributed by atoms with Gasteiger partial charge in [0.1, 0.15) is 0 Å². The van der Waals surface area contributed by atoms with Crippen LogP contribution in [0.3, 0.4) is 0 Å². The van der Waals surface area contributed by atoms with Crippen LogP contribution in [0, 0.1) is 0 Å². The van der Waals surface area contributed by atoms with Crippen LogP contribution in [0.15, 0.2) is 48.5 Å². The molecule has 2 aliphatic rings. The van der Waals surface area contributed by atoms with Gasteiger partial charge in [0, 0.05) is 6.04 Å². The summed E-state index contributed by atoms with van der Waals surface area (Å²) in [5.41, 5.74) is -2.26. The second kappa shape index (κ2) is 7.81. The molecule has 0 spiro atoms. The van der Waals surface area contributed by atoms with Gasteiger partial charge in [-0.1, -0.05) is 30.3 Å². The highest BCUT2D eigenvalue weighted by atomic mass is 19.4. The van der Waals surface area contributed by atoms with Crippen LogP contribution in [0.2, 0.25) is 0 Å². The molecule has 2 nitrogen and oxygen atoms in total. The lowest BCUT2D eigenvalue weighted by Gasteiger charge is -2.43. The number of nitrogens with one attached hydrogen (secondary N) is 1. The third-order valence-electron chi connectivity index (χ3n) is 6.41. The van der Waals surface area contributed by atoms with Gasteiger partial charge in [-0.25, -0.2) is 0 Å². The maximum absolute atomic E-state index is 13.2. The molecule has 1 N–H and O–H groups in total. The average molecular weight is 443 g/mol. The van der Waals surface area contributed by atoms with Crippen molar-refractivity contribution in [1.82, 2.24) is 5.32 Å². The van der Waals surface area contributed by atoms with Crippen molar-refractivity contribution in [2.45, 2.75) is 68.7 Å². The number of rotatable bonds is 4. The fourth-order valence-electron chi connectivity index (χ4n) is 4.85. The molecule has 0 radical (unpaired) electrons. The second-order valence-corrected chi connectivity index (χ2v) is 8.40. The van der Waals surface area contributed by atoms with Crippen molar-refractivity contribution >= 4 is 0 Å². The smallest absolute Gasteiger partial charge is 0.368 e. The topological polar surface area (TPSA) is 21.3 Å². The van der Waals surface area contributed by atoms with Crippen LogP contribution < -0.4 is 5.32 Å². The van der Waals surface area contributed by atoms with Gasteiger partial charge in [-0.05, 0) is 61.9 Å². The number of ether oxygens (including phenoxy) is 1. The first-order valence-electron chi connectivity index (χ1n) is 10.3. The average Bonchev–Trinajstić information content (AvgIpc) is 3.08. The van der Waals surface area contributed by atoms with E-state index in [1.807, 2.05) is 30.3 Å². The van der Waals surface area contributed by atoms with Gasteiger partial charge >= 0.3 is 12.4 Å². The Hall–Kier alpha value is -2.06. The van der Waals surface area contributed by atoms with Crippen LogP contribution in [0.4, 0.5) is 26.3 Å². The fourth-order valence-corrected chi connectivity index (χ4v) is 4.85. The molecular weight excluding hydrogens is 420 g/mol. The third kappa shape index (κ3) is 4.32. The molecule has 0 aromatic heterocycles. The Balaban J connectivity index is 1.66. The van der Waals surface area contributed by atoms with E-state index in [0.717, 1.165) is 37.0 Å². The Kier molecular flexibility index (Phi) is 5.58. The van der Waals surface area contributed by atoms with E-state index in [9.17, 15) is 26.3 Å². The van der Waals surface area contributed by atoms with Crippen molar-refractivity contribution < 1.29 is 31.1 Å². The molecular formula is C23H23F6NO. The summed E-state index contributed by atoms with van der Waals surface area (Å²) in [6, 6.07) is 11.7. The Morgan fingerprint density at radius 2 is 1.52 bits per heavy atom. The van der Waals surface area contributed by atoms with Gasteiger partial charge in [-0.15, -0.1) is 0 Å². The van der Waals surface area contributed by atoms with Crippen LogP contribution in [-0.2, 0) is 22.6 Å². The quantitative estimate of drug-likeness (QED) is 0.537. The molecule has 31 heavy (non-hydrogen) atoms. The normalized spacial score (nSPS) is 27.3. The summed E-state index contributed by atoms with van der Waals surface area (Å²) in [4.78, 5) is 0. The highest BCUT2D eigenvalue weighted by Gasteiger charge is 2.50. The highest BCUT2D eigenvalue weighted by molar-refractivity contribution is 5.35. The largest absolute Gasteiger partial charge is 0.416 e. The van der Waals surface area contributed by atoms with Crippen LogP contribution in [-0.4, -0.2) is 12.1 Å². The lowest BCUT2D eigenvalue weighted by atomic mass is 9.80. The number of hydrogen-bond donors (Lipinski definition) is 1. The molecule has 2 saturated heterocycles. The zero-order valence-corrected chi connectivity index (χ0v) is 16.9. The van der Waals surface area contributed by atoms with Gasteiger partial charge in [0.25, 0.3) is 0 Å². The first-order valence-corrected chi connectivity index (χ1v) is 10.3. The summed E-state index contributed by atoms with van der Waals surface area (Å²) < 4.78 is 85.7. The van der Waals surface area contributed by atoms with Crippen molar-refractivity contribution in [3.8, 4) is 0 Å². The fraction of sp³-hybridized carbons (Fsp3) is 0.478. The van der Waals surface area contributed by atoms with Gasteiger partial charge in [0.05, 0.1) is 28.9 Å². The van der Waals surface area contributed by atoms with Gasteiger partial charge < -0.3 is 10.1 Å². The molecule has 2 aromatic rings. The minimum Gasteiger partial charge on any atom is -0.368 e. The standard InChI is InChI=1S/C23H23F6NO/c1-14(15-11-17(22(24,25)26)13-18(12-15)23(27,28)29)31-20-8-7-19-9-10-21(20,30-19)16-5-3-2-4-6-16/h2-6,11-14,19-20,30H,7-10H2,1H3/t14-,19-,20+,21+/m0/s1. The molecule has 0 saturated carbocycles. The third-order valence-corrected chi connectivity index (χ3v) is 6.41. The molecule has 2 aliphatic heterocycles. The maximum atomic E-state index is 13.2. The summed E-state index contributed by atoms with van der Waals surface area (Å²) in [5, 5.41) is 3.61. The predicted molar refractivity (Wildman–Crippen MR) is 103 cm³/mol. The van der Waals surface area contributed by atoms with Crippen molar-refractivity contribution in [1.29, 1.82) is 0 Å². The van der Waals surface area contributed by atoms with Crippen molar-refractivity contribution in [2.24, 2.45) is 0 Å². The predicted octanol–water partition coefficient (Wildman–Crippen LogP) is 6.61. The van der Waals surface area contributed by atoms with Crippen molar-refractivity contribution in [2.75, 3.05) is 0 Å². The summed E-state index contributed by atoms with van der Waals surface area (Å²) >= 11 is 0. The summed E-state index contributed by atoms with van der Waals surface area (Å²) in [6.45, 7) is 1.51. The maximum Gasteiger partial charge on any atom is 0.416 e. The Bertz CT molecular complexity index is 894. The summed E-state index contributed by atoms with van der Waals surface area (Å²) in [5.74, 6) is 0. The van der Waals surface area contributed by atoms with Gasteiger partial charge in [-0.2, -0.15) is 26.3 Å². The van der Waals surface area contributed by atoms with Gasteiger partial charge in [0.2, 0.25) is 0 Å². The molecule has 2 bridgehead atoms. The van der Waals surface area contributed by atoms with E-state index in [0.29, 0.717) is 12.5 Å². The monoisotopic (exact) mass is 443 g/mol. The van der Waals surface area contributed by atoms with Crippen LogP contribution >= 0.6 is 0 Å². The molecule has 4 rings (SSSR count). The Morgan fingerprint density at radius 1 is 0.903 bits per heavy atom. The van der Waals surface area contributed by atoms with E-state index < -0.39 is 35.1 Å². The number of hydrogen-bond acceptors (Lipinski definition) is 2. The van der Waals surface area contributed by atoms with E-state index in [-0.39, 0.29) is 17.7 Å². The van der Waals surface area contributed by atoms with E-state index in [2.05, 4.69) is 5.32 Å². The Morgan fingerprint density at radius 3 is 2.10 bits per heavy atom. The number of halogens is 6. The van der Waals surface area contributed by atoms with Crippen LogP contribution in [0.25, 0.3) is 0 Å². The number of piperidine rings is 1. The first kappa shape index (κ1) is 22.1. The minimum atomic E-state index is -4.88. The van der Waals surface area contributed by atoms with Gasteiger partial charge in [0.15, 0.2) is 0 Å². The molecule has 8 heteroatoms. The molecule has 2 fully saturated rings. The van der Waals surface area contributed by atoms with Crippen molar-refractivity contribution in [3.05, 3.63) is 70.8 Å². The molecule has 2 heterocycles. The first-order chi connectivity index (χ1) is 14.5. The number of fused-ring (bicyclic) bond motifs is 2. The highest BCUT2D eigenvalue weighted by Crippen LogP contribution is 2.46.